The predicted molar refractivity (Wildman–Crippen MR) is 65.8 cm³/mol. The summed E-state index contributed by atoms with van der Waals surface area (Å²) in [6, 6.07) is 6.30. The Labute approximate surface area is 109 Å². The summed E-state index contributed by atoms with van der Waals surface area (Å²) in [4.78, 5) is 4.09. The maximum Gasteiger partial charge on any atom is 0.263 e. The summed E-state index contributed by atoms with van der Waals surface area (Å²) < 4.78 is 29.6. The number of aryl methyl sites for hydroxylation is 1. The van der Waals surface area contributed by atoms with E-state index in [4.69, 9.17) is 4.52 Å². The van der Waals surface area contributed by atoms with Crippen LogP contribution in [-0.2, 0) is 13.0 Å². The molecule has 0 aliphatic rings. The van der Waals surface area contributed by atoms with Gasteiger partial charge in [0.15, 0.2) is 5.82 Å². The first-order chi connectivity index (χ1) is 9.15. The lowest BCUT2D eigenvalue weighted by molar-refractivity contribution is 0.151. The van der Waals surface area contributed by atoms with E-state index in [-0.39, 0.29) is 5.56 Å². The van der Waals surface area contributed by atoms with Gasteiger partial charge in [-0.05, 0) is 5.56 Å². The van der Waals surface area contributed by atoms with Gasteiger partial charge in [-0.3, -0.25) is 0 Å². The normalized spacial score (nSPS) is 11.2. The monoisotopic (exact) mass is 267 g/mol. The number of halogens is 2. The lowest BCUT2D eigenvalue weighted by atomic mass is 10.1. The molecule has 0 radical (unpaired) electrons. The van der Waals surface area contributed by atoms with Gasteiger partial charge in [0.1, 0.15) is 0 Å². The van der Waals surface area contributed by atoms with Crippen LogP contribution in [0.5, 0.6) is 0 Å². The first kappa shape index (κ1) is 13.6. The Balaban J connectivity index is 1.73. The molecule has 0 saturated carbocycles. The van der Waals surface area contributed by atoms with Crippen LogP contribution >= 0.6 is 0 Å². The molecule has 4 nitrogen and oxygen atoms in total. The third-order valence-electron chi connectivity index (χ3n) is 2.66. The number of hydrogen-bond donors (Lipinski definition) is 1. The van der Waals surface area contributed by atoms with Gasteiger partial charge in [-0.1, -0.05) is 29.4 Å². The van der Waals surface area contributed by atoms with Gasteiger partial charge >= 0.3 is 0 Å². The minimum Gasteiger partial charge on any atom is -0.340 e. The second kappa shape index (κ2) is 6.38. The van der Waals surface area contributed by atoms with Crippen molar-refractivity contribution in [1.82, 2.24) is 15.5 Å². The molecule has 0 bridgehead atoms. The lowest BCUT2D eigenvalue weighted by Crippen LogP contribution is -2.17. The first-order valence-electron chi connectivity index (χ1n) is 6.02. The lowest BCUT2D eigenvalue weighted by Gasteiger charge is -2.05. The van der Waals surface area contributed by atoms with Crippen LogP contribution in [0.15, 0.2) is 28.8 Å². The molecule has 0 spiro atoms. The molecular weight excluding hydrogens is 252 g/mol. The number of benzene rings is 1. The van der Waals surface area contributed by atoms with Crippen molar-refractivity contribution in [3.8, 4) is 0 Å². The third-order valence-corrected chi connectivity index (χ3v) is 2.66. The van der Waals surface area contributed by atoms with Crippen molar-refractivity contribution in [3.05, 3.63) is 47.1 Å². The van der Waals surface area contributed by atoms with E-state index in [2.05, 4.69) is 15.5 Å². The van der Waals surface area contributed by atoms with Crippen LogP contribution in [0.4, 0.5) is 8.78 Å². The highest BCUT2D eigenvalue weighted by molar-refractivity contribution is 5.23. The molecule has 0 saturated heterocycles. The van der Waals surface area contributed by atoms with Crippen molar-refractivity contribution in [2.45, 2.75) is 26.3 Å². The van der Waals surface area contributed by atoms with Crippen LogP contribution in [0.3, 0.4) is 0 Å². The van der Waals surface area contributed by atoms with Crippen molar-refractivity contribution in [1.29, 1.82) is 0 Å². The molecule has 1 aromatic carbocycles. The van der Waals surface area contributed by atoms with Gasteiger partial charge in [0.2, 0.25) is 5.89 Å². The zero-order chi connectivity index (χ0) is 13.7. The third kappa shape index (κ3) is 4.10. The Morgan fingerprint density at radius 1 is 1.26 bits per heavy atom. The van der Waals surface area contributed by atoms with Gasteiger partial charge in [-0.2, -0.15) is 4.98 Å². The van der Waals surface area contributed by atoms with Gasteiger partial charge in [-0.25, -0.2) is 8.78 Å². The minimum atomic E-state index is -2.41. The summed E-state index contributed by atoms with van der Waals surface area (Å²) in [5, 5.41) is 6.98. The van der Waals surface area contributed by atoms with Crippen LogP contribution < -0.4 is 5.32 Å². The summed E-state index contributed by atoms with van der Waals surface area (Å²) in [6.07, 6.45) is -1.74. The Morgan fingerprint density at radius 3 is 2.58 bits per heavy atom. The van der Waals surface area contributed by atoms with Crippen molar-refractivity contribution < 1.29 is 13.3 Å². The van der Waals surface area contributed by atoms with Crippen LogP contribution in [0.2, 0.25) is 0 Å². The number of alkyl halides is 2. The van der Waals surface area contributed by atoms with E-state index in [0.717, 1.165) is 5.56 Å². The zero-order valence-electron chi connectivity index (χ0n) is 10.6. The topological polar surface area (TPSA) is 51.0 Å². The highest BCUT2D eigenvalue weighted by Gasteiger charge is 2.05. The highest BCUT2D eigenvalue weighted by atomic mass is 19.3. The molecule has 0 aliphatic heterocycles. The Bertz CT molecular complexity index is 511. The van der Waals surface area contributed by atoms with Crippen LogP contribution in [-0.4, -0.2) is 16.7 Å². The second-order valence-corrected chi connectivity index (χ2v) is 4.20. The summed E-state index contributed by atoms with van der Waals surface area (Å²) in [7, 11) is 0. The average Bonchev–Trinajstić information content (AvgIpc) is 2.81. The highest BCUT2D eigenvalue weighted by Crippen LogP contribution is 2.18. The number of aromatic nitrogens is 2. The fourth-order valence-corrected chi connectivity index (χ4v) is 1.66. The zero-order valence-corrected chi connectivity index (χ0v) is 10.6. The molecular formula is C13H15F2N3O. The van der Waals surface area contributed by atoms with Crippen molar-refractivity contribution in [2.24, 2.45) is 0 Å². The Morgan fingerprint density at radius 2 is 2.00 bits per heavy atom. The Hall–Kier alpha value is -1.82. The fraction of sp³-hybridized carbons (Fsp3) is 0.385. The van der Waals surface area contributed by atoms with E-state index in [1.54, 1.807) is 19.1 Å². The van der Waals surface area contributed by atoms with E-state index in [9.17, 15) is 8.78 Å². The number of nitrogens with one attached hydrogen (secondary N) is 1. The summed E-state index contributed by atoms with van der Waals surface area (Å²) in [6.45, 7) is 3.07. The van der Waals surface area contributed by atoms with Crippen LogP contribution in [0.1, 0.15) is 29.3 Å². The van der Waals surface area contributed by atoms with Gasteiger partial charge in [0, 0.05) is 32.0 Å². The van der Waals surface area contributed by atoms with E-state index >= 15 is 0 Å². The maximum absolute atomic E-state index is 12.4. The summed E-state index contributed by atoms with van der Waals surface area (Å²) >= 11 is 0. The SMILES string of the molecule is Cc1nc(CCNCc2ccc(C(F)F)cc2)no1. The quantitative estimate of drug-likeness (QED) is 0.817. The van der Waals surface area contributed by atoms with E-state index < -0.39 is 6.43 Å². The van der Waals surface area contributed by atoms with E-state index in [1.165, 1.54) is 12.1 Å². The Kier molecular flexibility index (Phi) is 4.57. The molecule has 2 rings (SSSR count). The number of hydrogen-bond acceptors (Lipinski definition) is 4. The maximum atomic E-state index is 12.4. The molecule has 1 heterocycles. The molecule has 1 N–H and O–H groups in total. The van der Waals surface area contributed by atoms with Crippen molar-refractivity contribution >= 4 is 0 Å². The minimum absolute atomic E-state index is 0.0472. The van der Waals surface area contributed by atoms with Crippen molar-refractivity contribution in [3.63, 3.8) is 0 Å². The number of rotatable bonds is 6. The molecule has 0 unspecified atom stereocenters. The first-order valence-corrected chi connectivity index (χ1v) is 6.02. The number of nitrogens with zero attached hydrogens (tertiary/aromatic N) is 2. The van der Waals surface area contributed by atoms with Crippen LogP contribution in [0.25, 0.3) is 0 Å². The molecule has 102 valence electrons. The molecule has 2 aromatic rings. The summed E-state index contributed by atoms with van der Waals surface area (Å²) in [5.74, 6) is 1.22. The largest absolute Gasteiger partial charge is 0.340 e. The predicted octanol–water partition coefficient (Wildman–Crippen LogP) is 2.65. The van der Waals surface area contributed by atoms with Gasteiger partial charge < -0.3 is 9.84 Å². The van der Waals surface area contributed by atoms with Gasteiger partial charge in [0.25, 0.3) is 6.43 Å². The fourth-order valence-electron chi connectivity index (χ4n) is 1.66. The van der Waals surface area contributed by atoms with Crippen LogP contribution in [0, 0.1) is 6.92 Å². The standard InChI is InChI=1S/C13H15F2N3O/c1-9-17-12(18-19-9)6-7-16-8-10-2-4-11(5-3-10)13(14)15/h2-5,13,16H,6-8H2,1H3. The molecule has 0 amide bonds. The molecule has 1 aromatic heterocycles. The molecule has 0 fully saturated rings. The molecule has 19 heavy (non-hydrogen) atoms. The second-order valence-electron chi connectivity index (χ2n) is 4.20. The molecule has 0 aliphatic carbocycles. The smallest absolute Gasteiger partial charge is 0.263 e. The van der Waals surface area contributed by atoms with Gasteiger partial charge in [-0.15, -0.1) is 0 Å². The van der Waals surface area contributed by atoms with E-state index in [0.29, 0.717) is 31.2 Å². The summed E-state index contributed by atoms with van der Waals surface area (Å²) in [5.41, 5.74) is 1.01. The molecule has 6 heteroatoms. The van der Waals surface area contributed by atoms with E-state index in [1.807, 2.05) is 0 Å². The van der Waals surface area contributed by atoms with Gasteiger partial charge in [0.05, 0.1) is 0 Å². The van der Waals surface area contributed by atoms with Crippen molar-refractivity contribution in [2.75, 3.05) is 6.54 Å². The molecule has 0 atom stereocenters. The average molecular weight is 267 g/mol.